The third-order valence-corrected chi connectivity index (χ3v) is 4.75. The molecule has 1 aliphatic heterocycles. The van der Waals surface area contributed by atoms with Gasteiger partial charge in [0.05, 0.1) is 17.2 Å². The van der Waals surface area contributed by atoms with Gasteiger partial charge in [-0.2, -0.15) is 13.2 Å². The van der Waals surface area contributed by atoms with Crippen molar-refractivity contribution in [3.05, 3.63) is 75.5 Å². The van der Waals surface area contributed by atoms with Crippen LogP contribution in [0.15, 0.2) is 64.3 Å². The summed E-state index contributed by atoms with van der Waals surface area (Å²) in [6.07, 6.45) is -4.59. The Labute approximate surface area is 161 Å². The van der Waals surface area contributed by atoms with Gasteiger partial charge in [0.15, 0.2) is 11.5 Å². The fourth-order valence-corrected chi connectivity index (χ4v) is 3.29. The molecule has 0 fully saturated rings. The lowest BCUT2D eigenvalue weighted by Crippen LogP contribution is -2.31. The van der Waals surface area contributed by atoms with Crippen molar-refractivity contribution in [2.45, 2.75) is 19.1 Å². The van der Waals surface area contributed by atoms with Crippen LogP contribution in [0.5, 0.6) is 0 Å². The van der Waals surface area contributed by atoms with E-state index in [9.17, 15) is 27.9 Å². The van der Waals surface area contributed by atoms with Crippen LogP contribution in [0.3, 0.4) is 0 Å². The summed E-state index contributed by atoms with van der Waals surface area (Å²) in [6.45, 7) is 1.19. The second-order valence-electron chi connectivity index (χ2n) is 6.00. The number of rotatable bonds is 3. The average Bonchev–Trinajstić information content (AvgIpc) is 2.86. The molecular weight excluding hydrogens is 427 g/mol. The zero-order valence-corrected chi connectivity index (χ0v) is 15.5. The van der Waals surface area contributed by atoms with Crippen molar-refractivity contribution < 1.29 is 27.9 Å². The van der Waals surface area contributed by atoms with Crippen LogP contribution in [0.2, 0.25) is 0 Å². The van der Waals surface area contributed by atoms with Gasteiger partial charge in [-0.3, -0.25) is 14.5 Å². The molecule has 1 heterocycles. The van der Waals surface area contributed by atoms with Crippen LogP contribution >= 0.6 is 15.9 Å². The van der Waals surface area contributed by atoms with Gasteiger partial charge in [-0.15, -0.1) is 0 Å². The van der Waals surface area contributed by atoms with E-state index < -0.39 is 35.2 Å². The number of amides is 1. The fourth-order valence-electron chi connectivity index (χ4n) is 3.02. The average molecular weight is 440 g/mol. The molecular formula is C19H13BrF3NO3. The summed E-state index contributed by atoms with van der Waals surface area (Å²) < 4.78 is 40.0. The summed E-state index contributed by atoms with van der Waals surface area (Å²) in [5.41, 5.74) is -0.665. The lowest BCUT2D eigenvalue weighted by Gasteiger charge is -2.27. The van der Waals surface area contributed by atoms with Gasteiger partial charge in [0, 0.05) is 10.2 Å². The molecule has 2 aromatic rings. The predicted octanol–water partition coefficient (Wildman–Crippen LogP) is 4.96. The van der Waals surface area contributed by atoms with E-state index in [1.54, 1.807) is 24.3 Å². The quantitative estimate of drug-likeness (QED) is 0.735. The second kappa shape index (κ2) is 6.84. The van der Waals surface area contributed by atoms with E-state index in [-0.39, 0.29) is 11.3 Å². The van der Waals surface area contributed by atoms with Crippen molar-refractivity contribution >= 4 is 33.3 Å². The summed E-state index contributed by atoms with van der Waals surface area (Å²) in [4.78, 5) is 25.7. The van der Waals surface area contributed by atoms with Crippen LogP contribution in [-0.2, 0) is 15.8 Å². The minimum absolute atomic E-state index is 0.0643. The first kappa shape index (κ1) is 19.2. The summed E-state index contributed by atoms with van der Waals surface area (Å²) in [6, 6.07) is 9.80. The van der Waals surface area contributed by atoms with Gasteiger partial charge < -0.3 is 5.11 Å². The Morgan fingerprint density at radius 2 is 1.78 bits per heavy atom. The standard InChI is InChI=1S/C19H13BrF3NO3/c1-10(25)15-16(11-5-7-13(20)8-6-11)24(18(27)17(15)26)14-4-2-3-12(9-14)19(21,22)23/h2-9,16,26H,1H3/t16-/m1/s1. The van der Waals surface area contributed by atoms with Crippen LogP contribution in [0, 0.1) is 0 Å². The van der Waals surface area contributed by atoms with Crippen molar-refractivity contribution in [3.8, 4) is 0 Å². The molecule has 1 atom stereocenters. The number of benzene rings is 2. The lowest BCUT2D eigenvalue weighted by atomic mass is 9.96. The number of aliphatic hydroxyl groups is 1. The van der Waals surface area contributed by atoms with Gasteiger partial charge in [0.1, 0.15) is 0 Å². The molecule has 2 aromatic carbocycles. The number of nitrogens with zero attached hydrogens (tertiary/aromatic N) is 1. The van der Waals surface area contributed by atoms with Gasteiger partial charge in [-0.25, -0.2) is 0 Å². The number of carbonyl (C=O) groups is 2. The molecule has 1 aliphatic rings. The molecule has 27 heavy (non-hydrogen) atoms. The number of ketones is 1. The Hall–Kier alpha value is -2.61. The van der Waals surface area contributed by atoms with E-state index in [0.29, 0.717) is 5.56 Å². The highest BCUT2D eigenvalue weighted by atomic mass is 79.9. The molecule has 8 heteroatoms. The molecule has 0 spiro atoms. The molecule has 1 amide bonds. The molecule has 0 saturated heterocycles. The maximum absolute atomic E-state index is 13.1. The minimum Gasteiger partial charge on any atom is -0.503 e. The minimum atomic E-state index is -4.59. The molecule has 0 aromatic heterocycles. The van der Waals surface area contributed by atoms with Crippen molar-refractivity contribution in [2.24, 2.45) is 0 Å². The van der Waals surface area contributed by atoms with E-state index in [2.05, 4.69) is 15.9 Å². The third kappa shape index (κ3) is 3.49. The van der Waals surface area contributed by atoms with E-state index in [1.807, 2.05) is 0 Å². The SMILES string of the molecule is CC(=O)C1=C(O)C(=O)N(c2cccc(C(F)(F)F)c2)[C@@H]1c1ccc(Br)cc1. The first-order valence-electron chi connectivity index (χ1n) is 7.81. The van der Waals surface area contributed by atoms with Crippen LogP contribution < -0.4 is 4.90 Å². The van der Waals surface area contributed by atoms with Crippen molar-refractivity contribution in [1.82, 2.24) is 0 Å². The molecule has 140 valence electrons. The van der Waals surface area contributed by atoms with Gasteiger partial charge in [-0.05, 0) is 42.8 Å². The lowest BCUT2D eigenvalue weighted by molar-refractivity contribution is -0.137. The van der Waals surface area contributed by atoms with Crippen molar-refractivity contribution in [1.29, 1.82) is 0 Å². The Balaban J connectivity index is 2.17. The third-order valence-electron chi connectivity index (χ3n) is 4.22. The molecule has 0 unspecified atom stereocenters. The van der Waals surface area contributed by atoms with Crippen LogP contribution in [-0.4, -0.2) is 16.8 Å². The first-order valence-corrected chi connectivity index (χ1v) is 8.61. The second-order valence-corrected chi connectivity index (χ2v) is 6.91. The summed E-state index contributed by atoms with van der Waals surface area (Å²) in [7, 11) is 0. The van der Waals surface area contributed by atoms with Crippen molar-refractivity contribution in [2.75, 3.05) is 4.90 Å². The smallest absolute Gasteiger partial charge is 0.416 e. The number of anilines is 1. The van der Waals surface area contributed by atoms with Crippen LogP contribution in [0.1, 0.15) is 24.1 Å². The Bertz CT molecular complexity index is 951. The van der Waals surface area contributed by atoms with E-state index in [0.717, 1.165) is 21.5 Å². The Morgan fingerprint density at radius 3 is 2.33 bits per heavy atom. The highest BCUT2D eigenvalue weighted by Gasteiger charge is 2.43. The number of halogens is 4. The topological polar surface area (TPSA) is 57.6 Å². The maximum Gasteiger partial charge on any atom is 0.416 e. The number of alkyl halides is 3. The zero-order valence-electron chi connectivity index (χ0n) is 13.9. The largest absolute Gasteiger partial charge is 0.503 e. The Kier molecular flexibility index (Phi) is 4.86. The number of hydrogen-bond donors (Lipinski definition) is 1. The highest BCUT2D eigenvalue weighted by molar-refractivity contribution is 9.10. The molecule has 1 N–H and O–H groups in total. The van der Waals surface area contributed by atoms with Crippen LogP contribution in [0.4, 0.5) is 18.9 Å². The monoisotopic (exact) mass is 439 g/mol. The van der Waals surface area contributed by atoms with Gasteiger partial charge in [0.25, 0.3) is 5.91 Å². The highest BCUT2D eigenvalue weighted by Crippen LogP contribution is 2.42. The summed E-state index contributed by atoms with van der Waals surface area (Å²) in [5, 5.41) is 10.2. The molecule has 4 nitrogen and oxygen atoms in total. The number of Topliss-reactive ketones (excluding diaryl/α,β-unsaturated/α-hetero) is 1. The molecule has 3 rings (SSSR count). The number of hydrogen-bond acceptors (Lipinski definition) is 3. The first-order chi connectivity index (χ1) is 12.6. The number of aliphatic hydroxyl groups excluding tert-OH is 1. The van der Waals surface area contributed by atoms with Gasteiger partial charge in [-0.1, -0.05) is 34.1 Å². The fraction of sp³-hybridized carbons (Fsp3) is 0.158. The normalized spacial score (nSPS) is 17.6. The summed E-state index contributed by atoms with van der Waals surface area (Å²) >= 11 is 3.28. The Morgan fingerprint density at radius 1 is 1.15 bits per heavy atom. The summed E-state index contributed by atoms with van der Waals surface area (Å²) in [5.74, 6) is -2.22. The van der Waals surface area contributed by atoms with Gasteiger partial charge >= 0.3 is 6.18 Å². The van der Waals surface area contributed by atoms with E-state index in [4.69, 9.17) is 0 Å². The van der Waals surface area contributed by atoms with E-state index >= 15 is 0 Å². The zero-order chi connectivity index (χ0) is 19.9. The molecule has 0 radical (unpaired) electrons. The predicted molar refractivity (Wildman–Crippen MR) is 96.1 cm³/mol. The van der Waals surface area contributed by atoms with Crippen molar-refractivity contribution in [3.63, 3.8) is 0 Å². The van der Waals surface area contributed by atoms with Gasteiger partial charge in [0.2, 0.25) is 0 Å². The van der Waals surface area contributed by atoms with Crippen LogP contribution in [0.25, 0.3) is 0 Å². The number of carbonyl (C=O) groups excluding carboxylic acids is 2. The molecule has 0 aliphatic carbocycles. The molecule has 0 bridgehead atoms. The maximum atomic E-state index is 13.1. The molecule has 0 saturated carbocycles. The van der Waals surface area contributed by atoms with E-state index in [1.165, 1.54) is 19.1 Å².